The molecule has 0 aliphatic rings. The molecule has 0 heterocycles. The van der Waals surface area contributed by atoms with Crippen molar-refractivity contribution in [2.75, 3.05) is 40.8 Å². The van der Waals surface area contributed by atoms with Crippen molar-refractivity contribution in [3.8, 4) is 0 Å². The molecule has 0 spiro atoms. The van der Waals surface area contributed by atoms with E-state index < -0.39 is 0 Å². The first kappa shape index (κ1) is 17.7. The molecular formula is C13H28N4O2. The Labute approximate surface area is 116 Å². The molecule has 3 amide bonds. The number of rotatable bonds is 8. The third-order valence-corrected chi connectivity index (χ3v) is 3.22. The molecule has 1 atom stereocenters. The Morgan fingerprint density at radius 2 is 1.68 bits per heavy atom. The van der Waals surface area contributed by atoms with Crippen LogP contribution in [0.15, 0.2) is 0 Å². The number of nitrogens with zero attached hydrogens (tertiary/aromatic N) is 2. The molecule has 0 fully saturated rings. The monoisotopic (exact) mass is 272 g/mol. The van der Waals surface area contributed by atoms with Crippen molar-refractivity contribution in [3.05, 3.63) is 0 Å². The van der Waals surface area contributed by atoms with Crippen molar-refractivity contribution >= 4 is 11.9 Å². The number of urea groups is 1. The van der Waals surface area contributed by atoms with Crippen molar-refractivity contribution in [1.29, 1.82) is 0 Å². The van der Waals surface area contributed by atoms with Gasteiger partial charge in [-0.15, -0.1) is 0 Å². The van der Waals surface area contributed by atoms with E-state index in [9.17, 15) is 9.59 Å². The lowest BCUT2D eigenvalue weighted by Gasteiger charge is -2.23. The summed E-state index contributed by atoms with van der Waals surface area (Å²) >= 11 is 0. The molecule has 6 heteroatoms. The van der Waals surface area contributed by atoms with Crippen molar-refractivity contribution in [2.45, 2.75) is 32.7 Å². The summed E-state index contributed by atoms with van der Waals surface area (Å²) in [5.74, 6) is 0.0109. The number of amides is 3. The van der Waals surface area contributed by atoms with E-state index in [0.29, 0.717) is 25.6 Å². The first-order chi connectivity index (χ1) is 8.88. The second kappa shape index (κ2) is 9.61. The van der Waals surface area contributed by atoms with Gasteiger partial charge in [0, 0.05) is 46.2 Å². The minimum absolute atomic E-state index is 0.0109. The van der Waals surface area contributed by atoms with E-state index in [1.54, 1.807) is 14.1 Å². The second-order valence-corrected chi connectivity index (χ2v) is 4.96. The van der Waals surface area contributed by atoms with Crippen LogP contribution in [0.4, 0.5) is 4.79 Å². The highest BCUT2D eigenvalue weighted by Gasteiger charge is 2.07. The van der Waals surface area contributed by atoms with E-state index in [2.05, 4.69) is 29.4 Å². The molecule has 0 aromatic heterocycles. The lowest BCUT2D eigenvalue weighted by atomic mass is 10.2. The molecule has 0 aliphatic heterocycles. The quantitative estimate of drug-likeness (QED) is 0.676. The van der Waals surface area contributed by atoms with E-state index in [4.69, 9.17) is 0 Å². The van der Waals surface area contributed by atoms with Gasteiger partial charge in [0.05, 0.1) is 0 Å². The molecule has 112 valence electrons. The van der Waals surface area contributed by atoms with Crippen molar-refractivity contribution in [3.63, 3.8) is 0 Å². The zero-order valence-electron chi connectivity index (χ0n) is 12.8. The first-order valence-electron chi connectivity index (χ1n) is 6.80. The van der Waals surface area contributed by atoms with E-state index >= 15 is 0 Å². The summed E-state index contributed by atoms with van der Waals surface area (Å²) in [7, 11) is 5.45. The average Bonchev–Trinajstić information content (AvgIpc) is 2.37. The molecular weight excluding hydrogens is 244 g/mol. The summed E-state index contributed by atoms with van der Waals surface area (Å²) in [6, 6.07) is 0.298. The Kier molecular flexibility index (Phi) is 8.95. The summed E-state index contributed by atoms with van der Waals surface area (Å²) < 4.78 is 0. The number of hydrogen-bond donors (Lipinski definition) is 2. The smallest absolute Gasteiger partial charge is 0.314 e. The zero-order valence-corrected chi connectivity index (χ0v) is 12.8. The maximum atomic E-state index is 11.4. The fraction of sp³-hybridized carbons (Fsp3) is 0.846. The molecule has 0 aliphatic carbocycles. The van der Waals surface area contributed by atoms with Gasteiger partial charge in [-0.3, -0.25) is 4.79 Å². The Hall–Kier alpha value is -1.30. The summed E-state index contributed by atoms with van der Waals surface area (Å²) in [4.78, 5) is 26.5. The molecule has 19 heavy (non-hydrogen) atoms. The normalized spacial score (nSPS) is 12.1. The van der Waals surface area contributed by atoms with Gasteiger partial charge in [-0.25, -0.2) is 4.79 Å². The molecule has 0 aromatic carbocycles. The molecule has 0 radical (unpaired) electrons. The molecule has 0 saturated heterocycles. The first-order valence-corrected chi connectivity index (χ1v) is 6.80. The van der Waals surface area contributed by atoms with Gasteiger partial charge >= 0.3 is 6.03 Å². The average molecular weight is 272 g/mol. The summed E-state index contributed by atoms with van der Waals surface area (Å²) in [5.41, 5.74) is 0. The number of carbonyl (C=O) groups is 2. The van der Waals surface area contributed by atoms with E-state index in [-0.39, 0.29) is 11.9 Å². The number of carbonyl (C=O) groups excluding carboxylic acids is 2. The topological polar surface area (TPSA) is 64.7 Å². The third kappa shape index (κ3) is 8.42. The van der Waals surface area contributed by atoms with Gasteiger partial charge in [0.25, 0.3) is 0 Å². The Morgan fingerprint density at radius 3 is 2.21 bits per heavy atom. The SMILES string of the molecule is CCC(C)N(C)CCNC(=O)NCCC(=O)N(C)C. The minimum atomic E-state index is -0.218. The van der Waals surface area contributed by atoms with Gasteiger partial charge in [0.2, 0.25) is 5.91 Å². The fourth-order valence-electron chi connectivity index (χ4n) is 1.45. The van der Waals surface area contributed by atoms with Gasteiger partial charge in [-0.1, -0.05) is 6.92 Å². The van der Waals surface area contributed by atoms with Crippen LogP contribution in [-0.2, 0) is 4.79 Å². The lowest BCUT2D eigenvalue weighted by Crippen LogP contribution is -2.42. The van der Waals surface area contributed by atoms with Crippen molar-refractivity contribution in [2.24, 2.45) is 0 Å². The molecule has 0 aromatic rings. The standard InChI is InChI=1S/C13H28N4O2/c1-6-11(2)17(5)10-9-15-13(19)14-8-7-12(18)16(3)4/h11H,6-10H2,1-5H3,(H2,14,15,19). The highest BCUT2D eigenvalue weighted by Crippen LogP contribution is 1.97. The van der Waals surface area contributed by atoms with Crippen LogP contribution in [-0.4, -0.2) is 68.6 Å². The van der Waals surface area contributed by atoms with Crippen LogP contribution < -0.4 is 10.6 Å². The van der Waals surface area contributed by atoms with Crippen LogP contribution in [0.25, 0.3) is 0 Å². The Bertz CT molecular complexity index is 282. The van der Waals surface area contributed by atoms with Crippen molar-refractivity contribution in [1.82, 2.24) is 20.4 Å². The van der Waals surface area contributed by atoms with Gasteiger partial charge in [-0.2, -0.15) is 0 Å². The highest BCUT2D eigenvalue weighted by atomic mass is 16.2. The maximum Gasteiger partial charge on any atom is 0.314 e. The van der Waals surface area contributed by atoms with Gasteiger partial charge in [0.1, 0.15) is 0 Å². The lowest BCUT2D eigenvalue weighted by molar-refractivity contribution is -0.128. The largest absolute Gasteiger partial charge is 0.349 e. The van der Waals surface area contributed by atoms with Crippen LogP contribution in [0.1, 0.15) is 26.7 Å². The molecule has 0 rings (SSSR count). The third-order valence-electron chi connectivity index (χ3n) is 3.22. The summed E-state index contributed by atoms with van der Waals surface area (Å²) in [6.45, 7) is 6.09. The molecule has 6 nitrogen and oxygen atoms in total. The van der Waals surface area contributed by atoms with Crippen molar-refractivity contribution < 1.29 is 9.59 Å². The second-order valence-electron chi connectivity index (χ2n) is 4.96. The molecule has 1 unspecified atom stereocenters. The van der Waals surface area contributed by atoms with Crippen LogP contribution in [0.5, 0.6) is 0 Å². The molecule has 2 N–H and O–H groups in total. The van der Waals surface area contributed by atoms with Gasteiger partial charge in [-0.05, 0) is 20.4 Å². The summed E-state index contributed by atoms with van der Waals surface area (Å²) in [5, 5.41) is 5.45. The van der Waals surface area contributed by atoms with Crippen LogP contribution >= 0.6 is 0 Å². The van der Waals surface area contributed by atoms with Crippen LogP contribution in [0.3, 0.4) is 0 Å². The van der Waals surface area contributed by atoms with E-state index in [1.165, 1.54) is 4.90 Å². The predicted octanol–water partition coefficient (Wildman–Crippen LogP) is 0.494. The van der Waals surface area contributed by atoms with Gasteiger partial charge in [0.15, 0.2) is 0 Å². The molecule has 0 bridgehead atoms. The van der Waals surface area contributed by atoms with E-state index in [0.717, 1.165) is 13.0 Å². The number of hydrogen-bond acceptors (Lipinski definition) is 3. The number of likely N-dealkylation sites (N-methyl/N-ethyl adjacent to an activating group) is 1. The Morgan fingerprint density at radius 1 is 1.11 bits per heavy atom. The highest BCUT2D eigenvalue weighted by molar-refractivity contribution is 5.77. The zero-order chi connectivity index (χ0) is 14.8. The van der Waals surface area contributed by atoms with Gasteiger partial charge < -0.3 is 20.4 Å². The van der Waals surface area contributed by atoms with Crippen LogP contribution in [0, 0.1) is 0 Å². The Balaban J connectivity index is 3.63. The predicted molar refractivity (Wildman–Crippen MR) is 77.1 cm³/mol. The molecule has 0 saturated carbocycles. The minimum Gasteiger partial charge on any atom is -0.349 e. The summed E-state index contributed by atoms with van der Waals surface area (Å²) in [6.07, 6.45) is 1.42. The fourth-order valence-corrected chi connectivity index (χ4v) is 1.45. The van der Waals surface area contributed by atoms with Crippen LogP contribution in [0.2, 0.25) is 0 Å². The maximum absolute atomic E-state index is 11.4. The van der Waals surface area contributed by atoms with E-state index in [1.807, 2.05) is 7.05 Å². The number of nitrogens with one attached hydrogen (secondary N) is 2.